The Hall–Kier alpha value is -2.97. The zero-order valence-corrected chi connectivity index (χ0v) is 23.9. The smallest absolute Gasteiger partial charge is 0.292 e. The number of rotatable bonds is 9. The van der Waals surface area contributed by atoms with Crippen molar-refractivity contribution in [3.63, 3.8) is 0 Å². The number of halogens is 2. The van der Waals surface area contributed by atoms with Gasteiger partial charge in [0.1, 0.15) is 5.69 Å². The van der Waals surface area contributed by atoms with Gasteiger partial charge in [-0.3, -0.25) is 14.3 Å². The number of benzene rings is 1. The summed E-state index contributed by atoms with van der Waals surface area (Å²) < 4.78 is 54.4. The van der Waals surface area contributed by atoms with Crippen LogP contribution in [0.15, 0.2) is 41.3 Å². The molecular formula is C25H35F2N5O5SSi. The van der Waals surface area contributed by atoms with Crippen molar-refractivity contribution in [1.29, 1.82) is 0 Å². The molecule has 1 aromatic heterocycles. The van der Waals surface area contributed by atoms with Crippen molar-refractivity contribution in [2.75, 3.05) is 58.5 Å². The van der Waals surface area contributed by atoms with Gasteiger partial charge >= 0.3 is 0 Å². The number of aromatic nitrogens is 1. The van der Waals surface area contributed by atoms with Gasteiger partial charge in [-0.05, 0) is 48.8 Å². The van der Waals surface area contributed by atoms with Crippen LogP contribution in [0.25, 0.3) is 0 Å². The van der Waals surface area contributed by atoms with Crippen LogP contribution in [0.2, 0.25) is 25.2 Å². The molecule has 10 nitrogen and oxygen atoms in total. The van der Waals surface area contributed by atoms with Gasteiger partial charge in [-0.1, -0.05) is 13.1 Å². The van der Waals surface area contributed by atoms with E-state index in [1.54, 1.807) is 17.1 Å². The number of nitrogens with one attached hydrogen (secondary N) is 2. The fourth-order valence-corrected chi connectivity index (χ4v) is 7.74. The number of aliphatic hydroxyl groups is 1. The Morgan fingerprint density at radius 2 is 1.90 bits per heavy atom. The van der Waals surface area contributed by atoms with Crippen LogP contribution in [0, 0.1) is 5.92 Å². The quantitative estimate of drug-likeness (QED) is 0.388. The highest BCUT2D eigenvalue weighted by Gasteiger charge is 2.31. The molecule has 1 atom stereocenters. The third kappa shape index (κ3) is 6.97. The SMILES string of the molecule is C[Si]1(C)CCN(c2cc(NS(=O)(=O)CCO)ccc2C(=O)Nc2cccn(N3CC[C@@H](C(F)F)C3)c2=O)CC1. The zero-order valence-electron chi connectivity index (χ0n) is 22.1. The predicted molar refractivity (Wildman–Crippen MR) is 151 cm³/mol. The molecule has 1 amide bonds. The summed E-state index contributed by atoms with van der Waals surface area (Å²) in [4.78, 5) is 28.7. The fourth-order valence-electron chi connectivity index (χ4n) is 4.91. The maximum absolute atomic E-state index is 13.5. The van der Waals surface area contributed by atoms with E-state index in [2.05, 4.69) is 28.0 Å². The second-order valence-corrected chi connectivity index (χ2v) is 18.0. The lowest BCUT2D eigenvalue weighted by Gasteiger charge is -2.38. The van der Waals surface area contributed by atoms with E-state index in [0.29, 0.717) is 25.3 Å². The van der Waals surface area contributed by atoms with Gasteiger partial charge in [-0.15, -0.1) is 0 Å². The molecule has 0 radical (unpaired) electrons. The molecule has 3 heterocycles. The number of hydrogen-bond donors (Lipinski definition) is 3. The van der Waals surface area contributed by atoms with Crippen molar-refractivity contribution in [2.24, 2.45) is 5.92 Å². The molecule has 0 spiro atoms. The van der Waals surface area contributed by atoms with Crippen LogP contribution in [-0.2, 0) is 10.0 Å². The highest BCUT2D eigenvalue weighted by molar-refractivity contribution is 7.92. The van der Waals surface area contributed by atoms with E-state index in [-0.39, 0.29) is 29.9 Å². The van der Waals surface area contributed by atoms with Crippen molar-refractivity contribution < 1.29 is 27.1 Å². The van der Waals surface area contributed by atoms with Crippen molar-refractivity contribution in [1.82, 2.24) is 4.68 Å². The maximum Gasteiger partial charge on any atom is 0.292 e. The highest BCUT2D eigenvalue weighted by atomic mass is 32.2. The summed E-state index contributed by atoms with van der Waals surface area (Å²) in [5.41, 5.74) is 0.559. The van der Waals surface area contributed by atoms with Crippen LogP contribution in [-0.4, -0.2) is 77.1 Å². The number of pyridine rings is 1. The van der Waals surface area contributed by atoms with Crippen molar-refractivity contribution in [3.8, 4) is 0 Å². The molecule has 2 fully saturated rings. The topological polar surface area (TPSA) is 124 Å². The molecule has 2 aliphatic rings. The second-order valence-electron chi connectivity index (χ2n) is 10.8. The van der Waals surface area contributed by atoms with Gasteiger partial charge in [0.15, 0.2) is 0 Å². The Kier molecular flexibility index (Phi) is 8.66. The summed E-state index contributed by atoms with van der Waals surface area (Å²) in [6, 6.07) is 9.62. The average Bonchev–Trinajstić information content (AvgIpc) is 3.35. The van der Waals surface area contributed by atoms with Gasteiger partial charge < -0.3 is 20.3 Å². The lowest BCUT2D eigenvalue weighted by atomic mass is 10.1. The number of carbonyl (C=O) groups is 1. The van der Waals surface area contributed by atoms with E-state index < -0.39 is 54.3 Å². The number of hydrogen-bond acceptors (Lipinski definition) is 7. The van der Waals surface area contributed by atoms with Crippen molar-refractivity contribution >= 4 is 41.1 Å². The van der Waals surface area contributed by atoms with Gasteiger partial charge in [0.2, 0.25) is 16.4 Å². The monoisotopic (exact) mass is 583 g/mol. The Morgan fingerprint density at radius 1 is 1.18 bits per heavy atom. The molecule has 0 aliphatic carbocycles. The number of alkyl halides is 2. The Morgan fingerprint density at radius 3 is 2.54 bits per heavy atom. The molecule has 3 N–H and O–H groups in total. The predicted octanol–water partition coefficient (Wildman–Crippen LogP) is 2.59. The summed E-state index contributed by atoms with van der Waals surface area (Å²) >= 11 is 0. The first-order valence-corrected chi connectivity index (χ1v) is 18.0. The van der Waals surface area contributed by atoms with E-state index in [0.717, 1.165) is 12.1 Å². The highest BCUT2D eigenvalue weighted by Crippen LogP contribution is 2.32. The summed E-state index contributed by atoms with van der Waals surface area (Å²) in [6.07, 6.45) is -0.705. The van der Waals surface area contributed by atoms with Gasteiger partial charge in [-0.2, -0.15) is 0 Å². The molecule has 0 bridgehead atoms. The van der Waals surface area contributed by atoms with Crippen LogP contribution < -0.4 is 25.5 Å². The standard InChI is InChI=1S/C25H35F2N5O5SSi/c1-39(2)14-10-30(11-15-39)22-16-19(29-38(36,37)13-12-33)5-6-20(22)24(34)28-21-4-3-8-32(25(21)35)31-9-7-18(17-31)23(26)27/h3-6,8,16,18,23,29,33H,7,9-15,17H2,1-2H3,(H,28,34)/t18-/m1/s1. The minimum atomic E-state index is -3.77. The summed E-state index contributed by atoms with van der Waals surface area (Å²) in [5.74, 6) is -1.81. The number of nitrogens with zero attached hydrogens (tertiary/aromatic N) is 3. The molecule has 4 rings (SSSR count). The second kappa shape index (κ2) is 11.6. The van der Waals surface area contributed by atoms with E-state index in [1.807, 2.05) is 0 Å². The van der Waals surface area contributed by atoms with Crippen LogP contribution in [0.4, 0.5) is 25.8 Å². The minimum absolute atomic E-state index is 0.00820. The number of sulfonamides is 1. The van der Waals surface area contributed by atoms with Crippen LogP contribution >= 0.6 is 0 Å². The first-order valence-electron chi connectivity index (χ1n) is 13.0. The van der Waals surface area contributed by atoms with E-state index >= 15 is 0 Å². The molecule has 2 saturated heterocycles. The first kappa shape index (κ1) is 29.0. The maximum atomic E-state index is 13.5. The molecule has 2 aliphatic heterocycles. The number of aliphatic hydroxyl groups excluding tert-OH is 1. The number of amides is 1. The average molecular weight is 584 g/mol. The van der Waals surface area contributed by atoms with Gasteiger partial charge in [-0.25, -0.2) is 21.9 Å². The van der Waals surface area contributed by atoms with Gasteiger partial charge in [0, 0.05) is 38.3 Å². The largest absolute Gasteiger partial charge is 0.395 e. The lowest BCUT2D eigenvalue weighted by Crippen LogP contribution is -2.43. The summed E-state index contributed by atoms with van der Waals surface area (Å²) in [5, 5.41) is 13.3. The first-order chi connectivity index (χ1) is 18.4. The molecule has 2 aromatic rings. The minimum Gasteiger partial charge on any atom is -0.395 e. The zero-order chi connectivity index (χ0) is 28.4. The lowest BCUT2D eigenvalue weighted by molar-refractivity contribution is 0.0872. The summed E-state index contributed by atoms with van der Waals surface area (Å²) in [6.45, 7) is 5.86. The van der Waals surface area contributed by atoms with Crippen molar-refractivity contribution in [2.45, 2.75) is 38.0 Å². The Balaban J connectivity index is 1.61. The van der Waals surface area contributed by atoms with Crippen LogP contribution in [0.1, 0.15) is 16.8 Å². The molecular weight excluding hydrogens is 548 g/mol. The molecule has 0 saturated carbocycles. The van der Waals surface area contributed by atoms with Crippen molar-refractivity contribution in [3.05, 3.63) is 52.4 Å². The Labute approximate surface area is 227 Å². The number of anilines is 3. The normalized spacial score (nSPS) is 19.4. The van der Waals surface area contributed by atoms with E-state index in [1.165, 1.54) is 29.1 Å². The van der Waals surface area contributed by atoms with Gasteiger partial charge in [0.25, 0.3) is 11.5 Å². The summed E-state index contributed by atoms with van der Waals surface area (Å²) in [7, 11) is -5.12. The fraction of sp³-hybridized carbons (Fsp3) is 0.520. The van der Waals surface area contributed by atoms with Crippen LogP contribution in [0.5, 0.6) is 0 Å². The molecule has 0 unspecified atom stereocenters. The Bertz CT molecular complexity index is 1360. The number of carbonyl (C=O) groups excluding carboxylic acids is 1. The third-order valence-electron chi connectivity index (χ3n) is 7.37. The molecule has 14 heteroatoms. The molecule has 39 heavy (non-hydrogen) atoms. The van der Waals surface area contributed by atoms with E-state index in [4.69, 9.17) is 5.11 Å². The molecule has 214 valence electrons. The third-order valence-corrected chi connectivity index (χ3v) is 11.8. The van der Waals surface area contributed by atoms with Crippen LogP contribution in [0.3, 0.4) is 0 Å². The molecule has 1 aromatic carbocycles. The van der Waals surface area contributed by atoms with E-state index in [9.17, 15) is 26.8 Å². The van der Waals surface area contributed by atoms with Gasteiger partial charge in [0.05, 0.1) is 37.4 Å².